The fraction of sp³-hybridized carbons (Fsp3) is 0.200. The average molecular weight is 394 g/mol. The average Bonchev–Trinajstić information content (AvgIpc) is 3.06. The number of hydrogen-bond acceptors (Lipinski definition) is 7. The number of nitrogens with zero attached hydrogens (tertiary/aromatic N) is 4. The molecule has 0 aliphatic carbocycles. The Kier molecular flexibility index (Phi) is 4.96. The van der Waals surface area contributed by atoms with Gasteiger partial charge in [-0.3, -0.25) is 14.9 Å². The summed E-state index contributed by atoms with van der Waals surface area (Å²) in [5.74, 6) is 0.345. The molecule has 0 atom stereocenters. The topological polar surface area (TPSA) is 109 Å². The van der Waals surface area contributed by atoms with Crippen molar-refractivity contribution in [1.29, 1.82) is 0 Å². The van der Waals surface area contributed by atoms with Gasteiger partial charge in [-0.25, -0.2) is 0 Å². The van der Waals surface area contributed by atoms with Crippen molar-refractivity contribution in [3.05, 3.63) is 69.8 Å². The van der Waals surface area contributed by atoms with Crippen molar-refractivity contribution in [2.75, 3.05) is 31.3 Å². The van der Waals surface area contributed by atoms with Crippen molar-refractivity contribution in [2.24, 2.45) is 5.10 Å². The minimum atomic E-state index is -0.492. The Morgan fingerprint density at radius 3 is 2.34 bits per heavy atom. The number of carbonyl (C=O) groups is 1. The van der Waals surface area contributed by atoms with Gasteiger partial charge in [0.2, 0.25) is 0 Å². The number of ether oxygens (including phenoxy) is 1. The molecule has 9 heteroatoms. The number of hydrazone groups is 1. The molecule has 1 N–H and O–H groups in total. The molecule has 0 bridgehead atoms. The van der Waals surface area contributed by atoms with E-state index >= 15 is 0 Å². The summed E-state index contributed by atoms with van der Waals surface area (Å²) in [7, 11) is 0. The van der Waals surface area contributed by atoms with Crippen LogP contribution in [0.25, 0.3) is 6.08 Å². The van der Waals surface area contributed by atoms with Crippen LogP contribution in [0.15, 0.2) is 59.2 Å². The van der Waals surface area contributed by atoms with Crippen molar-refractivity contribution in [2.45, 2.75) is 0 Å². The second kappa shape index (κ2) is 7.72. The molecule has 1 amide bonds. The van der Waals surface area contributed by atoms with E-state index in [0.717, 1.165) is 5.56 Å². The zero-order valence-corrected chi connectivity index (χ0v) is 15.4. The highest BCUT2D eigenvalue weighted by Crippen LogP contribution is 2.28. The van der Waals surface area contributed by atoms with Gasteiger partial charge in [-0.05, 0) is 35.9 Å². The van der Waals surface area contributed by atoms with Gasteiger partial charge in [0.1, 0.15) is 5.75 Å². The summed E-state index contributed by atoms with van der Waals surface area (Å²) in [4.78, 5) is 25.5. The second-order valence-corrected chi connectivity index (χ2v) is 6.56. The van der Waals surface area contributed by atoms with Gasteiger partial charge in [0.05, 0.1) is 29.4 Å². The molecule has 0 aromatic heterocycles. The Morgan fingerprint density at radius 1 is 1.07 bits per heavy atom. The number of amides is 1. The first kappa shape index (κ1) is 18.6. The maximum Gasteiger partial charge on any atom is 0.282 e. The van der Waals surface area contributed by atoms with E-state index in [-0.39, 0.29) is 17.3 Å². The summed E-state index contributed by atoms with van der Waals surface area (Å²) in [6, 6.07) is 12.2. The maximum atomic E-state index is 13.2. The lowest BCUT2D eigenvalue weighted by atomic mass is 10.1. The van der Waals surface area contributed by atoms with E-state index in [1.54, 1.807) is 30.3 Å². The molecular weight excluding hydrogens is 376 g/mol. The number of aromatic hydroxyl groups is 1. The van der Waals surface area contributed by atoms with E-state index in [4.69, 9.17) is 4.74 Å². The number of benzene rings is 2. The van der Waals surface area contributed by atoms with Crippen LogP contribution < -0.4 is 5.01 Å². The van der Waals surface area contributed by atoms with E-state index in [9.17, 15) is 20.0 Å². The normalized spacial score (nSPS) is 18.3. The molecule has 2 aromatic rings. The predicted octanol–water partition coefficient (Wildman–Crippen LogP) is 2.38. The summed E-state index contributed by atoms with van der Waals surface area (Å²) >= 11 is 0. The lowest BCUT2D eigenvalue weighted by Crippen LogP contribution is -2.41. The van der Waals surface area contributed by atoms with E-state index in [2.05, 4.69) is 5.10 Å². The highest BCUT2D eigenvalue weighted by atomic mass is 16.6. The number of non-ortho nitro benzene ring substituents is 1. The monoisotopic (exact) mass is 394 g/mol. The largest absolute Gasteiger partial charge is 0.508 e. The number of anilines is 1. The Morgan fingerprint density at radius 2 is 1.72 bits per heavy atom. The third-order valence-electron chi connectivity index (χ3n) is 4.68. The zero-order valence-electron chi connectivity index (χ0n) is 15.4. The molecule has 2 aliphatic rings. The highest BCUT2D eigenvalue weighted by molar-refractivity contribution is 6.32. The molecule has 0 spiro atoms. The van der Waals surface area contributed by atoms with E-state index in [1.165, 1.54) is 29.3 Å². The van der Waals surface area contributed by atoms with Gasteiger partial charge in [-0.2, -0.15) is 5.01 Å². The van der Waals surface area contributed by atoms with Gasteiger partial charge in [-0.1, -0.05) is 12.1 Å². The van der Waals surface area contributed by atoms with Gasteiger partial charge >= 0.3 is 0 Å². The molecule has 9 nitrogen and oxygen atoms in total. The molecule has 4 rings (SSSR count). The molecule has 0 radical (unpaired) electrons. The number of phenolic OH excluding ortho intramolecular Hbond substituents is 1. The van der Waals surface area contributed by atoms with Crippen LogP contribution in [0, 0.1) is 10.1 Å². The SMILES string of the molecule is O=C1/C(=C\c2ccc(O)cc2)C(N2CCOCC2)=NN1c1ccc([N+](=O)[O-])cc1. The van der Waals surface area contributed by atoms with Crippen molar-refractivity contribution in [3.63, 3.8) is 0 Å². The number of morpholine rings is 1. The number of nitro groups is 1. The minimum Gasteiger partial charge on any atom is -0.508 e. The molecule has 2 heterocycles. The molecule has 29 heavy (non-hydrogen) atoms. The number of rotatable bonds is 3. The van der Waals surface area contributed by atoms with Crippen LogP contribution in [-0.2, 0) is 9.53 Å². The Bertz CT molecular complexity index is 993. The van der Waals surface area contributed by atoms with Crippen LogP contribution in [0.1, 0.15) is 5.56 Å². The Balaban J connectivity index is 1.71. The number of amidine groups is 1. The van der Waals surface area contributed by atoms with Crippen LogP contribution >= 0.6 is 0 Å². The Labute approximate surface area is 166 Å². The molecule has 0 saturated carbocycles. The van der Waals surface area contributed by atoms with E-state index in [1.807, 2.05) is 4.90 Å². The van der Waals surface area contributed by atoms with Crippen molar-refractivity contribution >= 4 is 29.2 Å². The summed E-state index contributed by atoms with van der Waals surface area (Å²) < 4.78 is 5.39. The van der Waals surface area contributed by atoms with Gasteiger partial charge in [0.15, 0.2) is 5.84 Å². The summed E-state index contributed by atoms with van der Waals surface area (Å²) in [6.45, 7) is 2.29. The van der Waals surface area contributed by atoms with Gasteiger partial charge in [-0.15, -0.1) is 5.10 Å². The third kappa shape index (κ3) is 3.81. The fourth-order valence-electron chi connectivity index (χ4n) is 3.17. The summed E-state index contributed by atoms with van der Waals surface area (Å²) in [6.07, 6.45) is 1.72. The lowest BCUT2D eigenvalue weighted by Gasteiger charge is -2.28. The van der Waals surface area contributed by atoms with Crippen LogP contribution in [0.5, 0.6) is 5.75 Å². The van der Waals surface area contributed by atoms with Gasteiger partial charge in [0.25, 0.3) is 11.6 Å². The Hall–Kier alpha value is -3.72. The quantitative estimate of drug-likeness (QED) is 0.486. The molecule has 1 fully saturated rings. The van der Waals surface area contributed by atoms with Crippen molar-refractivity contribution in [1.82, 2.24) is 4.90 Å². The lowest BCUT2D eigenvalue weighted by molar-refractivity contribution is -0.384. The number of phenols is 1. The van der Waals surface area contributed by atoms with Crippen LogP contribution in [0.2, 0.25) is 0 Å². The smallest absolute Gasteiger partial charge is 0.282 e. The van der Waals surface area contributed by atoms with E-state index < -0.39 is 4.92 Å². The number of nitro benzene ring substituents is 1. The molecular formula is C20H18N4O5. The first-order valence-electron chi connectivity index (χ1n) is 9.04. The van der Waals surface area contributed by atoms with Gasteiger partial charge < -0.3 is 14.7 Å². The van der Waals surface area contributed by atoms with E-state index in [0.29, 0.717) is 43.4 Å². The van der Waals surface area contributed by atoms with Crippen LogP contribution in [0.3, 0.4) is 0 Å². The van der Waals surface area contributed by atoms with Crippen LogP contribution in [0.4, 0.5) is 11.4 Å². The molecule has 2 aromatic carbocycles. The van der Waals surface area contributed by atoms with Gasteiger partial charge in [0, 0.05) is 25.2 Å². The molecule has 1 saturated heterocycles. The van der Waals surface area contributed by atoms with Crippen molar-refractivity contribution < 1.29 is 19.6 Å². The third-order valence-corrected chi connectivity index (χ3v) is 4.68. The second-order valence-electron chi connectivity index (χ2n) is 6.56. The zero-order chi connectivity index (χ0) is 20.4. The first-order valence-corrected chi connectivity index (χ1v) is 9.04. The standard InChI is InChI=1S/C20H18N4O5/c25-17-7-1-14(2-8-17)13-18-19(22-9-11-29-12-10-22)21-23(20(18)26)15-3-5-16(6-4-15)24(27)28/h1-8,13,25H,9-12H2/b18-13-. The molecule has 148 valence electrons. The molecule has 0 unspecified atom stereocenters. The summed E-state index contributed by atoms with van der Waals surface area (Å²) in [5.41, 5.74) is 1.55. The fourth-order valence-corrected chi connectivity index (χ4v) is 3.17. The van der Waals surface area contributed by atoms with Crippen LogP contribution in [-0.4, -0.2) is 53.0 Å². The number of hydrogen-bond donors (Lipinski definition) is 1. The maximum absolute atomic E-state index is 13.2. The first-order chi connectivity index (χ1) is 14.0. The van der Waals surface area contributed by atoms with Crippen molar-refractivity contribution in [3.8, 4) is 5.75 Å². The number of carbonyl (C=O) groups excluding carboxylic acids is 1. The summed E-state index contributed by atoms with van der Waals surface area (Å²) in [5, 5.41) is 26.1. The minimum absolute atomic E-state index is 0.0577. The molecule has 2 aliphatic heterocycles. The predicted molar refractivity (Wildman–Crippen MR) is 106 cm³/mol. The highest BCUT2D eigenvalue weighted by Gasteiger charge is 2.35.